The van der Waals surface area contributed by atoms with Crippen molar-refractivity contribution in [3.63, 3.8) is 0 Å². The van der Waals surface area contributed by atoms with Crippen molar-refractivity contribution in [2.75, 3.05) is 7.11 Å². The predicted molar refractivity (Wildman–Crippen MR) is 166 cm³/mol. The van der Waals surface area contributed by atoms with Gasteiger partial charge in [-0.3, -0.25) is 4.79 Å². The van der Waals surface area contributed by atoms with Crippen molar-refractivity contribution in [2.45, 2.75) is 73.3 Å². The summed E-state index contributed by atoms with van der Waals surface area (Å²) in [6.45, 7) is 12.0. The molecule has 0 aromatic carbocycles. The Kier molecular flexibility index (Phi) is 6.77. The standard InChI is InChI=1S/C34H36N4O4/c1-8-20-15(2)23-14-28-31(19(6)39)17(4)25(36-28)12-24-16(3)21(9-10-30(41)42-7)33(37-24)22-11-29(40)32-18(5)26(38-34(22)32)13-27(20)35-23/h12-14,19,36,39-40H,8-11H2,1-7H3/t19-/m1/s1. The van der Waals surface area contributed by atoms with Crippen LogP contribution in [0.25, 0.3) is 12.2 Å². The predicted octanol–water partition coefficient (Wildman–Crippen LogP) is 4.94. The van der Waals surface area contributed by atoms with E-state index in [1.54, 1.807) is 6.92 Å². The van der Waals surface area contributed by atoms with Crippen molar-refractivity contribution in [3.05, 3.63) is 89.8 Å². The fourth-order valence-corrected chi connectivity index (χ4v) is 6.63. The minimum Gasteiger partial charge on any atom is -0.511 e. The summed E-state index contributed by atoms with van der Waals surface area (Å²) in [5.74, 6) is -0.0137. The van der Waals surface area contributed by atoms with Crippen LogP contribution >= 0.6 is 0 Å². The average molecular weight is 565 g/mol. The zero-order chi connectivity index (χ0) is 30.0. The Hall–Kier alpha value is -4.30. The minimum atomic E-state index is -0.691. The molecule has 42 heavy (non-hydrogen) atoms. The van der Waals surface area contributed by atoms with E-state index in [1.165, 1.54) is 7.11 Å². The number of carbonyl (C=O) groups excluding carboxylic acids is 1. The van der Waals surface area contributed by atoms with Gasteiger partial charge in [-0.25, -0.2) is 15.0 Å². The average Bonchev–Trinajstić information content (AvgIpc) is 3.70. The number of nitrogens with one attached hydrogen (secondary N) is 1. The van der Waals surface area contributed by atoms with Crippen LogP contribution in [-0.4, -0.2) is 45.4 Å². The summed E-state index contributed by atoms with van der Waals surface area (Å²) in [6, 6.07) is 0. The molecule has 5 aliphatic rings. The summed E-state index contributed by atoms with van der Waals surface area (Å²) in [4.78, 5) is 30.9. The fourth-order valence-electron chi connectivity index (χ4n) is 6.63. The highest BCUT2D eigenvalue weighted by Gasteiger charge is 2.37. The van der Waals surface area contributed by atoms with Gasteiger partial charge in [0, 0.05) is 40.2 Å². The lowest BCUT2D eigenvalue weighted by Gasteiger charge is -2.09. The number of carbonyl (C=O) groups is 1. The molecule has 5 heterocycles. The Morgan fingerprint density at radius 2 is 1.69 bits per heavy atom. The van der Waals surface area contributed by atoms with Crippen LogP contribution in [0.5, 0.6) is 0 Å². The van der Waals surface area contributed by atoms with E-state index in [4.69, 9.17) is 19.7 Å². The normalized spacial score (nSPS) is 20.2. The summed E-state index contributed by atoms with van der Waals surface area (Å²) >= 11 is 0. The molecule has 0 saturated heterocycles. The smallest absolute Gasteiger partial charge is 0.305 e. The molecule has 3 N–H and O–H groups in total. The van der Waals surface area contributed by atoms with Gasteiger partial charge in [-0.1, -0.05) is 6.92 Å². The third-order valence-corrected chi connectivity index (χ3v) is 8.96. The molecule has 1 aliphatic carbocycles. The van der Waals surface area contributed by atoms with Crippen molar-refractivity contribution < 1.29 is 19.7 Å². The Balaban J connectivity index is 1.68. The van der Waals surface area contributed by atoms with Gasteiger partial charge in [-0.05, 0) is 99.1 Å². The number of aliphatic hydroxyl groups excluding tert-OH is 2. The van der Waals surface area contributed by atoms with Crippen LogP contribution < -0.4 is 10.7 Å². The van der Waals surface area contributed by atoms with Gasteiger partial charge in [-0.15, -0.1) is 0 Å². The molecule has 0 radical (unpaired) electrons. The number of fused-ring (bicyclic) bond motifs is 5. The number of nitrogens with zero attached hydrogens (tertiary/aromatic N) is 3. The van der Waals surface area contributed by atoms with Crippen molar-refractivity contribution in [1.29, 1.82) is 0 Å². The molecule has 8 bridgehead atoms. The van der Waals surface area contributed by atoms with E-state index in [9.17, 15) is 15.0 Å². The van der Waals surface area contributed by atoms with Gasteiger partial charge < -0.3 is 19.9 Å². The highest BCUT2D eigenvalue weighted by atomic mass is 16.5. The number of aliphatic imine (C=N–C) groups is 3. The SMILES string of the molecule is CCC1=C(C)C2=NC1=CC1=C(C)C3=C(O)CC(=C4N=C(C=c5[nH]c(c([C@@H](C)O)c5C)=C2)C(C)=C4CCC(=O)OC)C3=N1. The number of aromatic amines is 1. The van der Waals surface area contributed by atoms with Gasteiger partial charge in [0.05, 0.1) is 47.4 Å². The first-order valence-corrected chi connectivity index (χ1v) is 14.5. The first-order valence-electron chi connectivity index (χ1n) is 14.5. The van der Waals surface area contributed by atoms with Gasteiger partial charge >= 0.3 is 5.97 Å². The Bertz CT molecular complexity index is 1890. The second-order valence-electron chi connectivity index (χ2n) is 11.4. The van der Waals surface area contributed by atoms with E-state index >= 15 is 0 Å². The van der Waals surface area contributed by atoms with Gasteiger partial charge in [-0.2, -0.15) is 0 Å². The maximum absolute atomic E-state index is 12.2. The molecule has 8 heteroatoms. The summed E-state index contributed by atoms with van der Waals surface area (Å²) in [6.07, 6.45) is 7.13. The molecule has 0 amide bonds. The van der Waals surface area contributed by atoms with Crippen molar-refractivity contribution >= 4 is 35.3 Å². The van der Waals surface area contributed by atoms with E-state index in [2.05, 4.69) is 18.8 Å². The fraction of sp³-hybridized carbons (Fsp3) is 0.353. The third kappa shape index (κ3) is 4.24. The number of methoxy groups -OCH3 is 1. The monoisotopic (exact) mass is 564 g/mol. The first-order chi connectivity index (χ1) is 20.0. The van der Waals surface area contributed by atoms with Crippen molar-refractivity contribution in [1.82, 2.24) is 4.98 Å². The highest BCUT2D eigenvalue weighted by Crippen LogP contribution is 2.44. The van der Waals surface area contributed by atoms with Crippen LogP contribution in [0.15, 0.2) is 82.9 Å². The van der Waals surface area contributed by atoms with Crippen LogP contribution in [0.2, 0.25) is 0 Å². The molecule has 4 aliphatic heterocycles. The molecule has 0 unspecified atom stereocenters. The van der Waals surface area contributed by atoms with Crippen LogP contribution in [0.3, 0.4) is 0 Å². The second-order valence-corrected chi connectivity index (χ2v) is 11.4. The summed E-state index contributed by atoms with van der Waals surface area (Å²) in [5.41, 5.74) is 13.1. The van der Waals surface area contributed by atoms with Crippen LogP contribution in [-0.2, 0) is 9.53 Å². The highest BCUT2D eigenvalue weighted by molar-refractivity contribution is 6.26. The maximum Gasteiger partial charge on any atom is 0.305 e. The molecular weight excluding hydrogens is 528 g/mol. The van der Waals surface area contributed by atoms with E-state index < -0.39 is 6.10 Å². The minimum absolute atomic E-state index is 0.217. The van der Waals surface area contributed by atoms with E-state index in [-0.39, 0.29) is 18.1 Å². The molecule has 0 saturated carbocycles. The number of allylic oxidation sites excluding steroid dienone is 8. The van der Waals surface area contributed by atoms with Crippen molar-refractivity contribution in [2.24, 2.45) is 15.0 Å². The number of aliphatic hydroxyl groups is 2. The van der Waals surface area contributed by atoms with Crippen LogP contribution in [0.4, 0.5) is 0 Å². The molecule has 0 spiro atoms. The number of H-pyrrole nitrogens is 1. The Labute approximate surface area is 245 Å². The molecule has 216 valence electrons. The zero-order valence-electron chi connectivity index (χ0n) is 25.2. The third-order valence-electron chi connectivity index (χ3n) is 8.96. The number of esters is 1. The molecular formula is C34H36N4O4. The number of ether oxygens (including phenoxy) is 1. The molecule has 1 aromatic heterocycles. The molecule has 1 aromatic rings. The molecule has 0 fully saturated rings. The van der Waals surface area contributed by atoms with Gasteiger partial charge in [0.1, 0.15) is 5.76 Å². The number of hydrogen-bond donors (Lipinski definition) is 3. The zero-order valence-corrected chi connectivity index (χ0v) is 25.2. The lowest BCUT2D eigenvalue weighted by molar-refractivity contribution is -0.140. The largest absolute Gasteiger partial charge is 0.511 e. The number of hydrogen-bond acceptors (Lipinski definition) is 7. The lowest BCUT2D eigenvalue weighted by Crippen LogP contribution is -2.16. The van der Waals surface area contributed by atoms with E-state index in [0.29, 0.717) is 12.8 Å². The maximum atomic E-state index is 12.2. The Morgan fingerprint density at radius 1 is 1.00 bits per heavy atom. The summed E-state index contributed by atoms with van der Waals surface area (Å²) in [5, 5.41) is 23.6. The van der Waals surface area contributed by atoms with Gasteiger partial charge in [0.25, 0.3) is 0 Å². The topological polar surface area (TPSA) is 120 Å². The van der Waals surface area contributed by atoms with Crippen LogP contribution in [0, 0.1) is 6.92 Å². The van der Waals surface area contributed by atoms with Gasteiger partial charge in [0.15, 0.2) is 0 Å². The number of aromatic nitrogens is 1. The Morgan fingerprint density at radius 3 is 2.38 bits per heavy atom. The van der Waals surface area contributed by atoms with Gasteiger partial charge in [0.2, 0.25) is 0 Å². The van der Waals surface area contributed by atoms with Crippen molar-refractivity contribution in [3.8, 4) is 0 Å². The van der Waals surface area contributed by atoms with E-state index in [1.807, 2.05) is 39.0 Å². The van der Waals surface area contributed by atoms with Crippen LogP contribution in [0.1, 0.15) is 77.5 Å². The molecule has 8 nitrogen and oxygen atoms in total. The van der Waals surface area contributed by atoms with E-state index in [0.717, 1.165) is 101 Å². The number of rotatable bonds is 5. The summed E-state index contributed by atoms with van der Waals surface area (Å²) in [7, 11) is 1.39. The molecule has 6 rings (SSSR count). The first kappa shape index (κ1) is 27.8. The quantitative estimate of drug-likeness (QED) is 0.439. The lowest BCUT2D eigenvalue weighted by atomic mass is 9.96. The molecule has 1 atom stereocenters. The summed E-state index contributed by atoms with van der Waals surface area (Å²) < 4.78 is 4.94. The second kappa shape index (κ2) is 10.2.